The molecular formula is C15H11Cl2N5OS. The number of aryl methyl sites for hydroxylation is 1. The molecule has 3 N–H and O–H groups in total. The molecule has 0 spiro atoms. The first-order valence-electron chi connectivity index (χ1n) is 6.67. The lowest BCUT2D eigenvalue weighted by Gasteiger charge is -2.19. The van der Waals surface area contributed by atoms with Crippen LogP contribution in [0.2, 0.25) is 10.0 Å². The van der Waals surface area contributed by atoms with Crippen LogP contribution in [-0.4, -0.2) is 14.9 Å². The molecule has 0 saturated heterocycles. The number of nitrogens with one attached hydrogen (secondary N) is 1. The van der Waals surface area contributed by atoms with E-state index in [9.17, 15) is 15.3 Å². The lowest BCUT2D eigenvalue weighted by molar-refractivity contribution is 0.700. The van der Waals surface area contributed by atoms with E-state index in [1.807, 2.05) is 12.1 Å². The largest absolute Gasteiger partial charge is 0.374 e. The zero-order valence-corrected chi connectivity index (χ0v) is 14.7. The molecule has 9 heteroatoms. The maximum absolute atomic E-state index is 12.6. The molecule has 1 heterocycles. The Hall–Kier alpha value is -2.32. The van der Waals surface area contributed by atoms with Crippen LogP contribution >= 0.6 is 35.4 Å². The second-order valence-electron chi connectivity index (χ2n) is 4.99. The molecule has 0 bridgehead atoms. The van der Waals surface area contributed by atoms with Crippen LogP contribution in [0.3, 0.4) is 0 Å². The summed E-state index contributed by atoms with van der Waals surface area (Å²) in [6.07, 6.45) is 0. The average Bonchev–Trinajstić information content (AvgIpc) is 2.83. The summed E-state index contributed by atoms with van der Waals surface area (Å²) in [5.74, 6) is -2.05. The fraction of sp³-hybridized carbons (Fsp3) is 0.200. The summed E-state index contributed by atoms with van der Waals surface area (Å²) in [7, 11) is 0. The highest BCUT2D eigenvalue weighted by Crippen LogP contribution is 2.38. The van der Waals surface area contributed by atoms with Crippen molar-refractivity contribution in [1.29, 1.82) is 10.5 Å². The number of halogens is 2. The van der Waals surface area contributed by atoms with E-state index >= 15 is 0 Å². The van der Waals surface area contributed by atoms with Gasteiger partial charge in [-0.3, -0.25) is 9.89 Å². The maximum atomic E-state index is 12.6. The smallest absolute Gasteiger partial charge is 0.277 e. The number of aromatic amines is 1. The molecule has 0 aliphatic heterocycles. The summed E-state index contributed by atoms with van der Waals surface area (Å²) < 4.78 is 0.983. The highest BCUT2D eigenvalue weighted by molar-refractivity contribution is 7.80. The van der Waals surface area contributed by atoms with Crippen LogP contribution in [-0.2, 0) is 0 Å². The van der Waals surface area contributed by atoms with Crippen LogP contribution in [0.5, 0.6) is 0 Å². The first-order chi connectivity index (χ1) is 11.3. The summed E-state index contributed by atoms with van der Waals surface area (Å²) in [5.41, 5.74) is 6.02. The van der Waals surface area contributed by atoms with Gasteiger partial charge in [0.25, 0.3) is 5.56 Å². The number of nitriles is 2. The molecule has 0 aliphatic rings. The highest BCUT2D eigenvalue weighted by atomic mass is 35.5. The van der Waals surface area contributed by atoms with Crippen molar-refractivity contribution < 1.29 is 0 Å². The quantitative estimate of drug-likeness (QED) is 0.796. The Morgan fingerprint density at radius 2 is 2.00 bits per heavy atom. The normalized spacial score (nSPS) is 11.8. The molecular weight excluding hydrogens is 369 g/mol. The van der Waals surface area contributed by atoms with E-state index in [2.05, 4.69) is 5.10 Å². The van der Waals surface area contributed by atoms with Crippen molar-refractivity contribution in [3.8, 4) is 12.1 Å². The molecule has 2 rings (SSSR count). The first-order valence-corrected chi connectivity index (χ1v) is 7.84. The Labute approximate surface area is 153 Å². The summed E-state index contributed by atoms with van der Waals surface area (Å²) in [5, 5.41) is 21.7. The van der Waals surface area contributed by atoms with Crippen molar-refractivity contribution in [2.75, 3.05) is 0 Å². The zero-order valence-electron chi connectivity index (χ0n) is 12.4. The van der Waals surface area contributed by atoms with E-state index in [0.717, 1.165) is 4.68 Å². The van der Waals surface area contributed by atoms with Gasteiger partial charge in [-0.05, 0) is 30.8 Å². The number of thiocarbonyl (C=S) groups is 1. The van der Waals surface area contributed by atoms with E-state index in [4.69, 9.17) is 41.2 Å². The van der Waals surface area contributed by atoms with Gasteiger partial charge in [-0.1, -0.05) is 35.3 Å². The molecule has 0 saturated carbocycles. The summed E-state index contributed by atoms with van der Waals surface area (Å²) in [6.45, 7) is 1.63. The molecule has 1 atom stereocenters. The van der Waals surface area contributed by atoms with E-state index < -0.39 is 17.4 Å². The fourth-order valence-electron chi connectivity index (χ4n) is 2.52. The van der Waals surface area contributed by atoms with Gasteiger partial charge >= 0.3 is 0 Å². The molecule has 2 aromatic rings. The van der Waals surface area contributed by atoms with Crippen molar-refractivity contribution in [2.45, 2.75) is 12.8 Å². The molecule has 1 aromatic carbocycles. The predicted molar refractivity (Wildman–Crippen MR) is 95.0 cm³/mol. The van der Waals surface area contributed by atoms with Gasteiger partial charge in [0.05, 0.1) is 22.2 Å². The maximum Gasteiger partial charge on any atom is 0.277 e. The molecule has 1 aromatic heterocycles. The van der Waals surface area contributed by atoms with Crippen molar-refractivity contribution >= 4 is 40.5 Å². The van der Waals surface area contributed by atoms with E-state index in [-0.39, 0.29) is 20.7 Å². The lowest BCUT2D eigenvalue weighted by atomic mass is 9.82. The van der Waals surface area contributed by atoms with E-state index in [1.165, 1.54) is 0 Å². The Bertz CT molecular complexity index is 936. The second-order valence-corrected chi connectivity index (χ2v) is 6.19. The summed E-state index contributed by atoms with van der Waals surface area (Å²) in [6, 6.07) is 8.64. The Morgan fingerprint density at radius 1 is 1.38 bits per heavy atom. The van der Waals surface area contributed by atoms with Crippen LogP contribution in [0.15, 0.2) is 23.0 Å². The number of H-pyrrole nitrogens is 1. The number of nitrogens with zero attached hydrogens (tertiary/aromatic N) is 3. The first kappa shape index (κ1) is 18.0. The number of rotatable bonds is 3. The van der Waals surface area contributed by atoms with Crippen molar-refractivity contribution in [2.24, 2.45) is 11.7 Å². The second kappa shape index (κ2) is 7.06. The standard InChI is InChI=1S/C15H11Cl2N5OS/c1-7-11(14(23)22(21-7)15(20)24)12(8(5-18)6-19)9-3-2-4-10(16)13(9)17/h2-4,8,12,21H,1H3,(H2,20,24). The molecule has 0 fully saturated rings. The molecule has 0 radical (unpaired) electrons. The van der Waals surface area contributed by atoms with Crippen LogP contribution in [0.1, 0.15) is 22.7 Å². The number of hydrogen-bond donors (Lipinski definition) is 2. The third-order valence-electron chi connectivity index (χ3n) is 3.58. The third-order valence-corrected chi connectivity index (χ3v) is 4.59. The predicted octanol–water partition coefficient (Wildman–Crippen LogP) is 2.68. The molecule has 1 unspecified atom stereocenters. The zero-order chi connectivity index (χ0) is 18.0. The van der Waals surface area contributed by atoms with Gasteiger partial charge in [-0.2, -0.15) is 15.2 Å². The van der Waals surface area contributed by atoms with Crippen molar-refractivity contribution in [3.05, 3.63) is 55.4 Å². The molecule has 24 heavy (non-hydrogen) atoms. The van der Waals surface area contributed by atoms with Gasteiger partial charge < -0.3 is 5.73 Å². The van der Waals surface area contributed by atoms with Crippen LogP contribution < -0.4 is 11.3 Å². The Balaban J connectivity index is 2.82. The molecule has 0 amide bonds. The number of aromatic nitrogens is 2. The van der Waals surface area contributed by atoms with Crippen molar-refractivity contribution in [3.63, 3.8) is 0 Å². The van der Waals surface area contributed by atoms with Crippen LogP contribution in [0, 0.1) is 35.5 Å². The third kappa shape index (κ3) is 3.02. The van der Waals surface area contributed by atoms with E-state index in [1.54, 1.807) is 25.1 Å². The number of nitrogens with two attached hydrogens (primary N) is 1. The monoisotopic (exact) mass is 379 g/mol. The van der Waals surface area contributed by atoms with Gasteiger partial charge in [-0.25, -0.2) is 0 Å². The Kier molecular flexibility index (Phi) is 5.30. The minimum absolute atomic E-state index is 0.171. The van der Waals surface area contributed by atoms with Crippen molar-refractivity contribution in [1.82, 2.24) is 9.78 Å². The topological polar surface area (TPSA) is 111 Å². The van der Waals surface area contributed by atoms with Gasteiger partial charge in [0, 0.05) is 17.2 Å². The Morgan fingerprint density at radius 3 is 2.50 bits per heavy atom. The number of benzene rings is 1. The minimum atomic E-state index is -1.15. The molecule has 0 aliphatic carbocycles. The fourth-order valence-corrected chi connectivity index (χ4v) is 3.08. The van der Waals surface area contributed by atoms with Gasteiger partial charge in [-0.15, -0.1) is 0 Å². The van der Waals surface area contributed by atoms with Gasteiger partial charge in [0.15, 0.2) is 5.11 Å². The van der Waals surface area contributed by atoms with Crippen LogP contribution in [0.4, 0.5) is 0 Å². The van der Waals surface area contributed by atoms with E-state index in [0.29, 0.717) is 11.3 Å². The average molecular weight is 380 g/mol. The minimum Gasteiger partial charge on any atom is -0.374 e. The number of hydrogen-bond acceptors (Lipinski definition) is 4. The molecule has 122 valence electrons. The SMILES string of the molecule is Cc1[nH]n(C(N)=S)c(=O)c1C(c1cccc(Cl)c1Cl)C(C#N)C#N. The highest BCUT2D eigenvalue weighted by Gasteiger charge is 2.33. The molecule has 6 nitrogen and oxygen atoms in total. The summed E-state index contributed by atoms with van der Waals surface area (Å²) in [4.78, 5) is 12.6. The lowest BCUT2D eigenvalue weighted by Crippen LogP contribution is -2.32. The van der Waals surface area contributed by atoms with Gasteiger partial charge in [0.2, 0.25) is 0 Å². The van der Waals surface area contributed by atoms with Crippen LogP contribution in [0.25, 0.3) is 0 Å². The summed E-state index contributed by atoms with van der Waals surface area (Å²) >= 11 is 17.1. The van der Waals surface area contributed by atoms with Gasteiger partial charge in [0.1, 0.15) is 5.92 Å².